The van der Waals surface area contributed by atoms with E-state index in [1.807, 2.05) is 6.92 Å². The monoisotopic (exact) mass is 268 g/mol. The second-order valence-electron chi connectivity index (χ2n) is 4.82. The molecule has 18 heavy (non-hydrogen) atoms. The van der Waals surface area contributed by atoms with Gasteiger partial charge in [0.05, 0.1) is 4.90 Å². The van der Waals surface area contributed by atoms with Gasteiger partial charge in [-0.3, -0.25) is 0 Å². The standard InChI is InChI=1S/C13H20N2O2S/c1-2-10-7-8-12(9-13(10)14)18(16,17)15-11-5-3-4-6-11/h7-9,11,15H,2-6,14H2,1H3. The maximum atomic E-state index is 12.2. The molecule has 5 heteroatoms. The minimum Gasteiger partial charge on any atom is -0.398 e. The number of benzene rings is 1. The highest BCUT2D eigenvalue weighted by molar-refractivity contribution is 7.89. The molecule has 4 nitrogen and oxygen atoms in total. The summed E-state index contributed by atoms with van der Waals surface area (Å²) in [5, 5.41) is 0. The summed E-state index contributed by atoms with van der Waals surface area (Å²) in [5.74, 6) is 0. The summed E-state index contributed by atoms with van der Waals surface area (Å²) in [7, 11) is -3.42. The van der Waals surface area contributed by atoms with Gasteiger partial charge in [0, 0.05) is 11.7 Å². The van der Waals surface area contributed by atoms with Crippen molar-refractivity contribution in [3.8, 4) is 0 Å². The zero-order valence-corrected chi connectivity index (χ0v) is 11.5. The summed E-state index contributed by atoms with van der Waals surface area (Å²) in [5.41, 5.74) is 7.37. The first-order valence-corrected chi connectivity index (χ1v) is 7.92. The Kier molecular flexibility index (Phi) is 3.92. The lowest BCUT2D eigenvalue weighted by Gasteiger charge is -2.13. The molecule has 0 amide bonds. The molecule has 1 saturated carbocycles. The number of sulfonamides is 1. The van der Waals surface area contributed by atoms with Crippen LogP contribution in [0.5, 0.6) is 0 Å². The van der Waals surface area contributed by atoms with Gasteiger partial charge in [-0.25, -0.2) is 13.1 Å². The first-order chi connectivity index (χ1) is 8.53. The predicted molar refractivity (Wildman–Crippen MR) is 72.8 cm³/mol. The Morgan fingerprint density at radius 1 is 1.33 bits per heavy atom. The Morgan fingerprint density at radius 2 is 2.00 bits per heavy atom. The highest BCUT2D eigenvalue weighted by Crippen LogP contribution is 2.22. The number of nitrogen functional groups attached to an aromatic ring is 1. The summed E-state index contributed by atoms with van der Waals surface area (Å²) in [6, 6.07) is 5.06. The van der Waals surface area contributed by atoms with Crippen molar-refractivity contribution in [2.24, 2.45) is 0 Å². The van der Waals surface area contributed by atoms with E-state index >= 15 is 0 Å². The average molecular weight is 268 g/mol. The summed E-state index contributed by atoms with van der Waals surface area (Å²) in [6.07, 6.45) is 4.87. The molecule has 0 saturated heterocycles. The van der Waals surface area contributed by atoms with Crippen molar-refractivity contribution in [1.29, 1.82) is 0 Å². The SMILES string of the molecule is CCc1ccc(S(=O)(=O)NC2CCCC2)cc1N. The number of rotatable bonds is 4. The van der Waals surface area contributed by atoms with E-state index in [9.17, 15) is 8.42 Å². The molecule has 0 bridgehead atoms. The highest BCUT2D eigenvalue weighted by Gasteiger charge is 2.23. The number of nitrogens with one attached hydrogen (secondary N) is 1. The zero-order valence-electron chi connectivity index (χ0n) is 10.6. The average Bonchev–Trinajstić information content (AvgIpc) is 2.81. The van der Waals surface area contributed by atoms with Gasteiger partial charge in [-0.05, 0) is 37.0 Å². The number of nitrogens with two attached hydrogens (primary N) is 1. The first-order valence-electron chi connectivity index (χ1n) is 6.43. The molecule has 3 N–H and O–H groups in total. The van der Waals surface area contributed by atoms with Crippen molar-refractivity contribution in [2.45, 2.75) is 50.0 Å². The molecule has 0 heterocycles. The minimum atomic E-state index is -3.42. The maximum Gasteiger partial charge on any atom is 0.240 e. The van der Waals surface area contributed by atoms with E-state index in [1.54, 1.807) is 18.2 Å². The van der Waals surface area contributed by atoms with E-state index < -0.39 is 10.0 Å². The van der Waals surface area contributed by atoms with Gasteiger partial charge in [0.2, 0.25) is 10.0 Å². The Bertz CT molecular complexity index is 520. The lowest BCUT2D eigenvalue weighted by atomic mass is 10.1. The summed E-state index contributed by atoms with van der Waals surface area (Å²) >= 11 is 0. The molecule has 0 radical (unpaired) electrons. The molecule has 1 aliphatic carbocycles. The Morgan fingerprint density at radius 3 is 2.56 bits per heavy atom. The van der Waals surface area contributed by atoms with E-state index in [0.717, 1.165) is 37.7 Å². The second-order valence-corrected chi connectivity index (χ2v) is 6.53. The number of aryl methyl sites for hydroxylation is 1. The van der Waals surface area contributed by atoms with E-state index in [0.29, 0.717) is 5.69 Å². The third kappa shape index (κ3) is 2.84. The van der Waals surface area contributed by atoms with Crippen LogP contribution in [-0.4, -0.2) is 14.5 Å². The van der Waals surface area contributed by atoms with Gasteiger partial charge in [0.25, 0.3) is 0 Å². The lowest BCUT2D eigenvalue weighted by Crippen LogP contribution is -2.32. The van der Waals surface area contributed by atoms with Crippen LogP contribution >= 0.6 is 0 Å². The van der Waals surface area contributed by atoms with Crippen LogP contribution in [0, 0.1) is 0 Å². The zero-order chi connectivity index (χ0) is 13.2. The van der Waals surface area contributed by atoms with Gasteiger partial charge in [-0.15, -0.1) is 0 Å². The molecule has 1 aromatic rings. The van der Waals surface area contributed by atoms with E-state index in [2.05, 4.69) is 4.72 Å². The largest absolute Gasteiger partial charge is 0.398 e. The van der Waals surface area contributed by atoms with Crippen LogP contribution in [0.3, 0.4) is 0 Å². The fraction of sp³-hybridized carbons (Fsp3) is 0.538. The van der Waals surface area contributed by atoms with Gasteiger partial charge in [0.15, 0.2) is 0 Å². The number of hydrogen-bond donors (Lipinski definition) is 2. The maximum absolute atomic E-state index is 12.2. The number of anilines is 1. The van der Waals surface area contributed by atoms with Crippen molar-refractivity contribution >= 4 is 15.7 Å². The van der Waals surface area contributed by atoms with Crippen molar-refractivity contribution in [3.63, 3.8) is 0 Å². The minimum absolute atomic E-state index is 0.0853. The third-order valence-electron chi connectivity index (χ3n) is 3.49. The van der Waals surface area contributed by atoms with E-state index in [1.165, 1.54) is 0 Å². The van der Waals surface area contributed by atoms with Crippen molar-refractivity contribution < 1.29 is 8.42 Å². The van der Waals surface area contributed by atoms with Crippen LogP contribution < -0.4 is 10.5 Å². The highest BCUT2D eigenvalue weighted by atomic mass is 32.2. The molecular formula is C13H20N2O2S. The Balaban J connectivity index is 2.21. The molecule has 0 aliphatic heterocycles. The van der Waals surface area contributed by atoms with Gasteiger partial charge < -0.3 is 5.73 Å². The van der Waals surface area contributed by atoms with Crippen LogP contribution in [0.25, 0.3) is 0 Å². The Labute approximate surface area is 109 Å². The second kappa shape index (κ2) is 5.28. The topological polar surface area (TPSA) is 72.2 Å². The molecule has 1 aliphatic rings. The van der Waals surface area contributed by atoms with Crippen LogP contribution in [0.1, 0.15) is 38.2 Å². The fourth-order valence-electron chi connectivity index (χ4n) is 2.39. The molecule has 2 rings (SSSR count). The fourth-order valence-corrected chi connectivity index (χ4v) is 3.73. The van der Waals surface area contributed by atoms with Crippen molar-refractivity contribution in [2.75, 3.05) is 5.73 Å². The van der Waals surface area contributed by atoms with Crippen molar-refractivity contribution in [3.05, 3.63) is 23.8 Å². The molecule has 1 aromatic carbocycles. The first kappa shape index (κ1) is 13.4. The van der Waals surface area contributed by atoms with Crippen LogP contribution in [0.2, 0.25) is 0 Å². The molecule has 1 fully saturated rings. The molecule has 0 atom stereocenters. The van der Waals surface area contributed by atoms with Crippen LogP contribution in [0.4, 0.5) is 5.69 Å². The van der Waals surface area contributed by atoms with E-state index in [4.69, 9.17) is 5.73 Å². The quantitative estimate of drug-likeness (QED) is 0.821. The lowest BCUT2D eigenvalue weighted by molar-refractivity contribution is 0.552. The van der Waals surface area contributed by atoms with Gasteiger partial charge in [-0.1, -0.05) is 25.8 Å². The molecule has 100 valence electrons. The summed E-state index contributed by atoms with van der Waals surface area (Å²) in [6.45, 7) is 2.00. The molecule has 0 spiro atoms. The third-order valence-corrected chi connectivity index (χ3v) is 5.00. The summed E-state index contributed by atoms with van der Waals surface area (Å²) in [4.78, 5) is 0.268. The van der Waals surface area contributed by atoms with E-state index in [-0.39, 0.29) is 10.9 Å². The smallest absolute Gasteiger partial charge is 0.240 e. The molecular weight excluding hydrogens is 248 g/mol. The predicted octanol–water partition coefficient (Wildman–Crippen LogP) is 2.05. The van der Waals surface area contributed by atoms with Gasteiger partial charge in [-0.2, -0.15) is 0 Å². The number of hydrogen-bond acceptors (Lipinski definition) is 3. The van der Waals surface area contributed by atoms with Gasteiger partial charge in [0.1, 0.15) is 0 Å². The normalized spacial score (nSPS) is 17.2. The molecule has 0 unspecified atom stereocenters. The summed E-state index contributed by atoms with van der Waals surface area (Å²) < 4.78 is 27.1. The Hall–Kier alpha value is -1.07. The van der Waals surface area contributed by atoms with Crippen LogP contribution in [0.15, 0.2) is 23.1 Å². The van der Waals surface area contributed by atoms with Gasteiger partial charge >= 0.3 is 0 Å². The van der Waals surface area contributed by atoms with Crippen LogP contribution in [-0.2, 0) is 16.4 Å². The molecule has 0 aromatic heterocycles. The van der Waals surface area contributed by atoms with Crippen molar-refractivity contribution in [1.82, 2.24) is 4.72 Å².